The summed E-state index contributed by atoms with van der Waals surface area (Å²) in [6, 6.07) is 8.31. The molecule has 1 aromatic heterocycles. The minimum Gasteiger partial charge on any atom is -0.493 e. The molecule has 0 fully saturated rings. The Hall–Kier alpha value is -1.88. The lowest BCUT2D eigenvalue weighted by atomic mass is 9.93. The van der Waals surface area contributed by atoms with Gasteiger partial charge in [-0.15, -0.1) is 5.10 Å². The van der Waals surface area contributed by atoms with E-state index >= 15 is 0 Å². The average molecular weight is 258 g/mol. The van der Waals surface area contributed by atoms with E-state index in [1.807, 2.05) is 19.2 Å². The molecule has 2 aromatic rings. The third-order valence-electron chi connectivity index (χ3n) is 3.59. The Morgan fingerprint density at radius 3 is 3.16 bits per heavy atom. The topological polar surface area (TPSA) is 52.0 Å². The smallest absolute Gasteiger partial charge is 0.122 e. The molecule has 0 aliphatic carbocycles. The number of aryl methyl sites for hydroxylation is 1. The molecule has 19 heavy (non-hydrogen) atoms. The normalized spacial score (nSPS) is 17.8. The quantitative estimate of drug-likeness (QED) is 0.902. The largest absolute Gasteiger partial charge is 0.493 e. The molecule has 100 valence electrons. The van der Waals surface area contributed by atoms with Crippen molar-refractivity contribution in [3.8, 4) is 5.75 Å². The van der Waals surface area contributed by atoms with Gasteiger partial charge in [-0.2, -0.15) is 0 Å². The molecule has 5 heteroatoms. The lowest BCUT2D eigenvalue weighted by Gasteiger charge is -2.26. The molecule has 1 aromatic carbocycles. The van der Waals surface area contributed by atoms with Crippen LogP contribution in [0.4, 0.5) is 0 Å². The Morgan fingerprint density at radius 2 is 2.32 bits per heavy atom. The highest BCUT2D eigenvalue weighted by atomic mass is 16.5. The van der Waals surface area contributed by atoms with Crippen molar-refractivity contribution in [3.63, 3.8) is 0 Å². The lowest BCUT2D eigenvalue weighted by molar-refractivity contribution is 0.264. The first-order valence-electron chi connectivity index (χ1n) is 6.60. The molecule has 1 aliphatic heterocycles. The van der Waals surface area contributed by atoms with Gasteiger partial charge in [-0.3, -0.25) is 4.68 Å². The van der Waals surface area contributed by atoms with E-state index in [-0.39, 0.29) is 0 Å². The fraction of sp³-hybridized carbons (Fsp3) is 0.429. The van der Waals surface area contributed by atoms with Crippen LogP contribution in [0, 0.1) is 0 Å². The Kier molecular flexibility index (Phi) is 3.46. The SMILES string of the molecule is Cn1nncc1CNCC1CCOc2ccccc21. The van der Waals surface area contributed by atoms with E-state index in [0.717, 1.165) is 37.6 Å². The summed E-state index contributed by atoms with van der Waals surface area (Å²) in [6.45, 7) is 2.55. The summed E-state index contributed by atoms with van der Waals surface area (Å²) in [5.74, 6) is 1.55. The maximum atomic E-state index is 5.67. The summed E-state index contributed by atoms with van der Waals surface area (Å²) >= 11 is 0. The van der Waals surface area contributed by atoms with Crippen molar-refractivity contribution in [2.24, 2.45) is 7.05 Å². The van der Waals surface area contributed by atoms with Gasteiger partial charge in [0.25, 0.3) is 0 Å². The second kappa shape index (κ2) is 5.40. The zero-order valence-electron chi connectivity index (χ0n) is 11.0. The minimum atomic E-state index is 0.520. The van der Waals surface area contributed by atoms with E-state index in [1.54, 1.807) is 10.9 Å². The predicted octanol–water partition coefficient (Wildman–Crippen LogP) is 1.47. The van der Waals surface area contributed by atoms with Gasteiger partial charge in [-0.1, -0.05) is 23.4 Å². The maximum Gasteiger partial charge on any atom is 0.122 e. The Bertz CT molecular complexity index is 552. The summed E-state index contributed by atoms with van der Waals surface area (Å²) in [5, 5.41) is 11.3. The zero-order chi connectivity index (χ0) is 13.1. The Morgan fingerprint density at radius 1 is 1.42 bits per heavy atom. The van der Waals surface area contributed by atoms with Crippen molar-refractivity contribution < 1.29 is 4.74 Å². The van der Waals surface area contributed by atoms with Crippen LogP contribution in [-0.4, -0.2) is 28.1 Å². The van der Waals surface area contributed by atoms with Crippen molar-refractivity contribution in [3.05, 3.63) is 41.7 Å². The molecule has 3 rings (SSSR count). The predicted molar refractivity (Wildman–Crippen MR) is 72.0 cm³/mol. The number of aromatic nitrogens is 3. The van der Waals surface area contributed by atoms with Gasteiger partial charge < -0.3 is 10.1 Å². The number of hydrogen-bond donors (Lipinski definition) is 1. The third kappa shape index (κ3) is 2.61. The number of rotatable bonds is 4. The second-order valence-electron chi connectivity index (χ2n) is 4.85. The molecule has 1 N–H and O–H groups in total. The van der Waals surface area contributed by atoms with Gasteiger partial charge in [0.1, 0.15) is 5.75 Å². The fourth-order valence-corrected chi connectivity index (χ4v) is 2.47. The minimum absolute atomic E-state index is 0.520. The Labute approximate surface area is 112 Å². The van der Waals surface area contributed by atoms with E-state index in [2.05, 4.69) is 27.8 Å². The number of benzene rings is 1. The van der Waals surface area contributed by atoms with Gasteiger partial charge in [0.05, 0.1) is 18.5 Å². The summed E-state index contributed by atoms with van der Waals surface area (Å²) in [7, 11) is 1.91. The molecule has 0 amide bonds. The second-order valence-corrected chi connectivity index (χ2v) is 4.85. The molecule has 1 aliphatic rings. The van der Waals surface area contributed by atoms with Gasteiger partial charge in [0.2, 0.25) is 0 Å². The van der Waals surface area contributed by atoms with Gasteiger partial charge in [0, 0.05) is 26.1 Å². The van der Waals surface area contributed by atoms with E-state index in [4.69, 9.17) is 4.74 Å². The van der Waals surface area contributed by atoms with Crippen LogP contribution in [0.25, 0.3) is 0 Å². The number of nitrogens with one attached hydrogen (secondary N) is 1. The number of para-hydroxylation sites is 1. The number of ether oxygens (including phenoxy) is 1. The first-order chi connectivity index (χ1) is 9.34. The van der Waals surface area contributed by atoms with Crippen molar-refractivity contribution in [2.45, 2.75) is 18.9 Å². The average Bonchev–Trinajstić information content (AvgIpc) is 2.85. The van der Waals surface area contributed by atoms with Crippen LogP contribution >= 0.6 is 0 Å². The fourth-order valence-electron chi connectivity index (χ4n) is 2.47. The third-order valence-corrected chi connectivity index (χ3v) is 3.59. The highest BCUT2D eigenvalue weighted by molar-refractivity contribution is 5.37. The van der Waals surface area contributed by atoms with Gasteiger partial charge in [-0.25, -0.2) is 0 Å². The molecule has 0 radical (unpaired) electrons. The van der Waals surface area contributed by atoms with Crippen LogP contribution in [0.5, 0.6) is 5.75 Å². The first kappa shape index (κ1) is 12.2. The monoisotopic (exact) mass is 258 g/mol. The number of nitrogens with zero attached hydrogens (tertiary/aromatic N) is 3. The lowest BCUT2D eigenvalue weighted by Crippen LogP contribution is -2.26. The summed E-state index contributed by atoms with van der Waals surface area (Å²) in [6.07, 6.45) is 2.86. The first-order valence-corrected chi connectivity index (χ1v) is 6.60. The van der Waals surface area contributed by atoms with Crippen molar-refractivity contribution >= 4 is 0 Å². The van der Waals surface area contributed by atoms with Crippen LogP contribution in [-0.2, 0) is 13.6 Å². The molecule has 2 heterocycles. The summed E-state index contributed by atoms with van der Waals surface area (Å²) in [5.41, 5.74) is 2.41. The summed E-state index contributed by atoms with van der Waals surface area (Å²) < 4.78 is 7.47. The van der Waals surface area contributed by atoms with E-state index in [9.17, 15) is 0 Å². The highest BCUT2D eigenvalue weighted by Crippen LogP contribution is 2.32. The van der Waals surface area contributed by atoms with Gasteiger partial charge in [-0.05, 0) is 18.1 Å². The van der Waals surface area contributed by atoms with Crippen LogP contribution in [0.3, 0.4) is 0 Å². The van der Waals surface area contributed by atoms with Crippen molar-refractivity contribution in [1.82, 2.24) is 20.3 Å². The zero-order valence-corrected chi connectivity index (χ0v) is 11.0. The number of hydrogen-bond acceptors (Lipinski definition) is 4. The van der Waals surface area contributed by atoms with Crippen molar-refractivity contribution in [2.75, 3.05) is 13.2 Å². The summed E-state index contributed by atoms with van der Waals surface area (Å²) in [4.78, 5) is 0. The number of fused-ring (bicyclic) bond motifs is 1. The van der Waals surface area contributed by atoms with E-state index in [1.165, 1.54) is 5.56 Å². The molecule has 0 saturated carbocycles. The molecule has 0 spiro atoms. The molecule has 1 atom stereocenters. The maximum absolute atomic E-state index is 5.67. The molecular formula is C14H18N4O. The standard InChI is InChI=1S/C14H18N4O/c1-18-12(10-16-17-18)9-15-8-11-6-7-19-14-5-3-2-4-13(11)14/h2-5,10-11,15H,6-9H2,1H3. The van der Waals surface area contributed by atoms with Crippen LogP contribution < -0.4 is 10.1 Å². The highest BCUT2D eigenvalue weighted by Gasteiger charge is 2.20. The van der Waals surface area contributed by atoms with Gasteiger partial charge in [0.15, 0.2) is 0 Å². The molecular weight excluding hydrogens is 240 g/mol. The molecule has 0 bridgehead atoms. The molecule has 0 saturated heterocycles. The van der Waals surface area contributed by atoms with Gasteiger partial charge >= 0.3 is 0 Å². The van der Waals surface area contributed by atoms with Crippen molar-refractivity contribution in [1.29, 1.82) is 0 Å². The molecule has 5 nitrogen and oxygen atoms in total. The Balaban J connectivity index is 1.61. The van der Waals surface area contributed by atoms with Crippen LogP contribution in [0.15, 0.2) is 30.5 Å². The molecule has 1 unspecified atom stereocenters. The van der Waals surface area contributed by atoms with Crippen LogP contribution in [0.1, 0.15) is 23.6 Å². The van der Waals surface area contributed by atoms with Crippen LogP contribution in [0.2, 0.25) is 0 Å². The van der Waals surface area contributed by atoms with E-state index in [0.29, 0.717) is 5.92 Å². The van der Waals surface area contributed by atoms with E-state index < -0.39 is 0 Å².